The fourth-order valence-corrected chi connectivity index (χ4v) is 3.11. The smallest absolute Gasteiger partial charge is 0.325 e. The van der Waals surface area contributed by atoms with Gasteiger partial charge in [0.25, 0.3) is 0 Å². The highest BCUT2D eigenvalue weighted by Gasteiger charge is 2.16. The van der Waals surface area contributed by atoms with E-state index in [1.165, 1.54) is 17.8 Å². The van der Waals surface area contributed by atoms with Gasteiger partial charge in [-0.3, -0.25) is 5.32 Å². The molecule has 6 nitrogen and oxygen atoms in total. The minimum absolute atomic E-state index is 0.233. The van der Waals surface area contributed by atoms with Crippen molar-refractivity contribution in [1.82, 2.24) is 10.2 Å². The number of aromatic nitrogens is 2. The summed E-state index contributed by atoms with van der Waals surface area (Å²) in [7, 11) is 0. The van der Waals surface area contributed by atoms with E-state index in [1.54, 1.807) is 0 Å². The molecule has 2 amide bonds. The predicted molar refractivity (Wildman–Crippen MR) is 85.0 cm³/mol. The second-order valence-electron chi connectivity index (χ2n) is 5.14. The standard InChI is InChI=1S/C14H15F2N5OS/c15-9-4-5-10(16)11(8-9)17-12(22)18-13-19-20-14(23-13)21-6-2-1-3-7-21/h4-5,8H,1-3,6-7H2,(H2,17,18,19,22). The summed E-state index contributed by atoms with van der Waals surface area (Å²) in [6.07, 6.45) is 3.44. The summed E-state index contributed by atoms with van der Waals surface area (Å²) in [5, 5.41) is 13.7. The molecule has 23 heavy (non-hydrogen) atoms. The maximum Gasteiger partial charge on any atom is 0.325 e. The van der Waals surface area contributed by atoms with Gasteiger partial charge < -0.3 is 10.2 Å². The molecule has 0 bridgehead atoms. The molecule has 2 N–H and O–H groups in total. The van der Waals surface area contributed by atoms with E-state index in [4.69, 9.17) is 0 Å². The number of urea groups is 1. The zero-order valence-electron chi connectivity index (χ0n) is 12.2. The minimum Gasteiger partial charge on any atom is -0.347 e. The number of nitrogens with zero attached hydrogens (tertiary/aromatic N) is 3. The molecule has 3 rings (SSSR count). The Morgan fingerprint density at radius 2 is 1.91 bits per heavy atom. The van der Waals surface area contributed by atoms with E-state index in [0.717, 1.165) is 49.3 Å². The highest BCUT2D eigenvalue weighted by atomic mass is 32.1. The van der Waals surface area contributed by atoms with Crippen molar-refractivity contribution in [2.24, 2.45) is 0 Å². The SMILES string of the molecule is O=C(Nc1nnc(N2CCCCC2)s1)Nc1cc(F)ccc1F. The number of carbonyl (C=O) groups excluding carboxylic acids is 1. The van der Waals surface area contributed by atoms with Crippen LogP contribution in [0.1, 0.15) is 19.3 Å². The fourth-order valence-electron chi connectivity index (χ4n) is 2.32. The van der Waals surface area contributed by atoms with E-state index in [0.29, 0.717) is 5.13 Å². The third-order valence-corrected chi connectivity index (χ3v) is 4.34. The van der Waals surface area contributed by atoms with Crippen molar-refractivity contribution in [3.63, 3.8) is 0 Å². The molecule has 0 radical (unpaired) electrons. The van der Waals surface area contributed by atoms with Crippen LogP contribution in [0.5, 0.6) is 0 Å². The van der Waals surface area contributed by atoms with Gasteiger partial charge in [0, 0.05) is 19.2 Å². The van der Waals surface area contributed by atoms with Crippen molar-refractivity contribution in [3.8, 4) is 0 Å². The summed E-state index contributed by atoms with van der Waals surface area (Å²) in [6.45, 7) is 1.85. The first-order valence-corrected chi connectivity index (χ1v) is 8.05. The van der Waals surface area contributed by atoms with Crippen LogP contribution in [0, 0.1) is 11.6 Å². The minimum atomic E-state index is -0.715. The topological polar surface area (TPSA) is 70.2 Å². The lowest BCUT2D eigenvalue weighted by Crippen LogP contribution is -2.29. The number of rotatable bonds is 3. The monoisotopic (exact) mass is 339 g/mol. The molecule has 1 aromatic carbocycles. The second kappa shape index (κ2) is 6.86. The molecule has 122 valence electrons. The van der Waals surface area contributed by atoms with Crippen LogP contribution in [-0.4, -0.2) is 29.3 Å². The van der Waals surface area contributed by atoms with Gasteiger partial charge in [0.05, 0.1) is 5.69 Å². The molecule has 0 unspecified atom stereocenters. The third-order valence-electron chi connectivity index (χ3n) is 3.44. The van der Waals surface area contributed by atoms with Crippen LogP contribution in [0.3, 0.4) is 0 Å². The molecule has 9 heteroatoms. The first-order chi connectivity index (χ1) is 11.1. The van der Waals surface area contributed by atoms with Crippen LogP contribution in [0.4, 0.5) is 29.5 Å². The van der Waals surface area contributed by atoms with Crippen LogP contribution in [-0.2, 0) is 0 Å². The molecule has 1 aromatic heterocycles. The average Bonchev–Trinajstić information content (AvgIpc) is 3.00. The number of amides is 2. The number of piperidine rings is 1. The van der Waals surface area contributed by atoms with E-state index in [1.807, 2.05) is 0 Å². The summed E-state index contributed by atoms with van der Waals surface area (Å²) in [6, 6.07) is 2.14. The lowest BCUT2D eigenvalue weighted by Gasteiger charge is -2.25. The Morgan fingerprint density at radius 1 is 1.13 bits per heavy atom. The van der Waals surface area contributed by atoms with E-state index in [9.17, 15) is 13.6 Å². The van der Waals surface area contributed by atoms with Gasteiger partial charge >= 0.3 is 6.03 Å². The maximum atomic E-state index is 13.5. The van der Waals surface area contributed by atoms with Crippen LogP contribution in [0.2, 0.25) is 0 Å². The number of hydrogen-bond acceptors (Lipinski definition) is 5. The lowest BCUT2D eigenvalue weighted by molar-refractivity contribution is 0.262. The molecule has 1 saturated heterocycles. The van der Waals surface area contributed by atoms with Gasteiger partial charge in [-0.1, -0.05) is 11.3 Å². The lowest BCUT2D eigenvalue weighted by atomic mass is 10.1. The Morgan fingerprint density at radius 3 is 2.70 bits per heavy atom. The molecule has 2 aromatic rings. The summed E-state index contributed by atoms with van der Waals surface area (Å²) in [5.74, 6) is -1.35. The van der Waals surface area contributed by atoms with Gasteiger partial charge in [-0.15, -0.1) is 10.2 Å². The number of anilines is 3. The summed E-state index contributed by atoms with van der Waals surface area (Å²) in [5.41, 5.74) is -0.233. The zero-order chi connectivity index (χ0) is 16.2. The Kier molecular flexibility index (Phi) is 4.65. The van der Waals surface area contributed by atoms with E-state index in [2.05, 4.69) is 25.7 Å². The van der Waals surface area contributed by atoms with Gasteiger partial charge in [-0.2, -0.15) is 0 Å². The average molecular weight is 339 g/mol. The largest absolute Gasteiger partial charge is 0.347 e. The van der Waals surface area contributed by atoms with E-state index in [-0.39, 0.29) is 5.69 Å². The van der Waals surface area contributed by atoms with Gasteiger partial charge in [-0.05, 0) is 31.4 Å². The molecular formula is C14H15F2N5OS. The number of benzene rings is 1. The Labute approximate surface area is 135 Å². The Hall–Kier alpha value is -2.29. The first kappa shape index (κ1) is 15.6. The molecule has 0 aliphatic carbocycles. The molecule has 0 spiro atoms. The third kappa shape index (κ3) is 3.92. The molecule has 1 aliphatic heterocycles. The molecule has 1 fully saturated rings. The predicted octanol–water partition coefficient (Wildman–Crippen LogP) is 3.45. The second-order valence-corrected chi connectivity index (χ2v) is 6.10. The number of hydrogen-bond donors (Lipinski definition) is 2. The summed E-state index contributed by atoms with van der Waals surface area (Å²) in [4.78, 5) is 14.0. The van der Waals surface area contributed by atoms with Gasteiger partial charge in [-0.25, -0.2) is 13.6 Å². The molecule has 2 heterocycles. The quantitative estimate of drug-likeness (QED) is 0.898. The van der Waals surface area contributed by atoms with Crippen molar-refractivity contribution in [2.75, 3.05) is 28.6 Å². The Balaban J connectivity index is 1.61. The molecular weight excluding hydrogens is 324 g/mol. The number of carbonyl (C=O) groups is 1. The number of halogens is 2. The van der Waals surface area contributed by atoms with Crippen LogP contribution in [0.15, 0.2) is 18.2 Å². The molecule has 1 aliphatic rings. The highest BCUT2D eigenvalue weighted by molar-refractivity contribution is 7.19. The number of nitrogens with one attached hydrogen (secondary N) is 2. The van der Waals surface area contributed by atoms with Crippen molar-refractivity contribution < 1.29 is 13.6 Å². The normalized spacial score (nSPS) is 14.6. The molecule has 0 atom stereocenters. The van der Waals surface area contributed by atoms with Crippen LogP contribution < -0.4 is 15.5 Å². The molecule has 0 saturated carbocycles. The van der Waals surface area contributed by atoms with Gasteiger partial charge in [0.15, 0.2) is 0 Å². The van der Waals surface area contributed by atoms with Gasteiger partial charge in [0.2, 0.25) is 10.3 Å². The van der Waals surface area contributed by atoms with Crippen LogP contribution >= 0.6 is 11.3 Å². The Bertz CT molecular complexity index is 702. The first-order valence-electron chi connectivity index (χ1n) is 7.23. The highest BCUT2D eigenvalue weighted by Crippen LogP contribution is 2.26. The summed E-state index contributed by atoms with van der Waals surface area (Å²) < 4.78 is 26.5. The van der Waals surface area contributed by atoms with E-state index < -0.39 is 17.7 Å². The van der Waals surface area contributed by atoms with Gasteiger partial charge in [0.1, 0.15) is 11.6 Å². The summed E-state index contributed by atoms with van der Waals surface area (Å²) >= 11 is 1.25. The maximum absolute atomic E-state index is 13.5. The van der Waals surface area contributed by atoms with E-state index >= 15 is 0 Å². The van der Waals surface area contributed by atoms with Crippen molar-refractivity contribution in [1.29, 1.82) is 0 Å². The fraction of sp³-hybridized carbons (Fsp3) is 0.357. The van der Waals surface area contributed by atoms with Crippen molar-refractivity contribution in [2.45, 2.75) is 19.3 Å². The van der Waals surface area contributed by atoms with Crippen LogP contribution in [0.25, 0.3) is 0 Å². The van der Waals surface area contributed by atoms with Crippen molar-refractivity contribution in [3.05, 3.63) is 29.8 Å². The van der Waals surface area contributed by atoms with Crippen molar-refractivity contribution >= 4 is 33.3 Å². The zero-order valence-corrected chi connectivity index (χ0v) is 13.0.